The predicted octanol–water partition coefficient (Wildman–Crippen LogP) is 2.32. The Morgan fingerprint density at radius 1 is 1.45 bits per heavy atom. The van der Waals surface area contributed by atoms with Gasteiger partial charge in [-0.15, -0.1) is 0 Å². The summed E-state index contributed by atoms with van der Waals surface area (Å²) in [4.78, 5) is 0. The van der Waals surface area contributed by atoms with E-state index in [0.717, 1.165) is 0 Å². The topological polar surface area (TPSA) is 27.7 Å². The normalized spacial score (nSPS) is 32.7. The molecule has 3 nitrogen and oxygen atoms in total. The molecule has 0 unspecified atom stereocenters. The summed E-state index contributed by atoms with van der Waals surface area (Å²) in [5.41, 5.74) is 0.148. The molecule has 0 saturated carbocycles. The molecule has 0 amide bonds. The van der Waals surface area contributed by atoms with Gasteiger partial charge in [-0.3, -0.25) is 0 Å². The van der Waals surface area contributed by atoms with E-state index in [1.54, 1.807) is 7.11 Å². The van der Waals surface area contributed by atoms with Gasteiger partial charge in [0.2, 0.25) is 0 Å². The smallest absolute Gasteiger partial charge is 0.316 e. The summed E-state index contributed by atoms with van der Waals surface area (Å²) in [6.07, 6.45) is 0.175. The molecule has 1 aliphatic rings. The van der Waals surface area contributed by atoms with Crippen LogP contribution in [-0.2, 0) is 13.6 Å². The highest BCUT2D eigenvalue weighted by Gasteiger charge is 2.35. The molecule has 0 bridgehead atoms. The van der Waals surface area contributed by atoms with Crippen LogP contribution in [0.4, 0.5) is 0 Å². The summed E-state index contributed by atoms with van der Waals surface area (Å²) in [5, 5.41) is 0. The predicted molar refractivity (Wildman–Crippen MR) is 44.2 cm³/mol. The Bertz CT molecular complexity index is 132. The zero-order chi connectivity index (χ0) is 8.48. The van der Waals surface area contributed by atoms with Crippen molar-refractivity contribution in [3.63, 3.8) is 0 Å². The summed E-state index contributed by atoms with van der Waals surface area (Å²) >= 11 is 0. The maximum Gasteiger partial charge on any atom is 0.332 e. The summed E-state index contributed by atoms with van der Waals surface area (Å²) in [7, 11) is 0.561. The third-order valence-electron chi connectivity index (χ3n) is 1.66. The Morgan fingerprint density at radius 2 is 2.09 bits per heavy atom. The summed E-state index contributed by atoms with van der Waals surface area (Å²) in [6.45, 7) is 7.06. The van der Waals surface area contributed by atoms with Crippen molar-refractivity contribution in [1.82, 2.24) is 0 Å². The first-order chi connectivity index (χ1) is 5.04. The average molecular weight is 178 g/mol. The van der Waals surface area contributed by atoms with Crippen molar-refractivity contribution in [1.29, 1.82) is 0 Å². The molecule has 0 aliphatic carbocycles. The largest absolute Gasteiger partial charge is 0.332 e. The molecule has 1 rings (SSSR count). The van der Waals surface area contributed by atoms with E-state index in [1.165, 1.54) is 0 Å². The minimum absolute atomic E-state index is 0.148. The fourth-order valence-electron chi connectivity index (χ4n) is 0.797. The van der Waals surface area contributed by atoms with E-state index in [4.69, 9.17) is 13.6 Å². The highest BCUT2D eigenvalue weighted by Crippen LogP contribution is 2.49. The van der Waals surface area contributed by atoms with Crippen molar-refractivity contribution >= 4 is 8.60 Å². The van der Waals surface area contributed by atoms with Gasteiger partial charge in [0.05, 0.1) is 12.7 Å². The minimum atomic E-state index is -1.05. The first-order valence-electron chi connectivity index (χ1n) is 3.68. The molecule has 2 atom stereocenters. The van der Waals surface area contributed by atoms with Gasteiger partial charge in [0, 0.05) is 7.11 Å². The van der Waals surface area contributed by atoms with Crippen LogP contribution < -0.4 is 0 Å². The molecule has 0 radical (unpaired) electrons. The molecule has 0 N–H and O–H groups in total. The van der Waals surface area contributed by atoms with Crippen molar-refractivity contribution in [2.75, 3.05) is 13.7 Å². The molecule has 1 saturated heterocycles. The summed E-state index contributed by atoms with van der Waals surface area (Å²) in [5.74, 6) is 0. The zero-order valence-corrected chi connectivity index (χ0v) is 8.35. The van der Waals surface area contributed by atoms with E-state index in [9.17, 15) is 0 Å². The number of rotatable bonds is 1. The monoisotopic (exact) mass is 178 g/mol. The van der Waals surface area contributed by atoms with Gasteiger partial charge in [-0.1, -0.05) is 20.8 Å². The summed E-state index contributed by atoms with van der Waals surface area (Å²) in [6, 6.07) is 0. The van der Waals surface area contributed by atoms with Gasteiger partial charge >= 0.3 is 8.60 Å². The summed E-state index contributed by atoms with van der Waals surface area (Å²) < 4.78 is 15.7. The van der Waals surface area contributed by atoms with Crippen LogP contribution in [0.2, 0.25) is 0 Å². The van der Waals surface area contributed by atoms with Crippen molar-refractivity contribution in [3.8, 4) is 0 Å². The lowest BCUT2D eigenvalue weighted by molar-refractivity contribution is 0.106. The second-order valence-electron chi connectivity index (χ2n) is 3.66. The molecule has 0 aromatic heterocycles. The van der Waals surface area contributed by atoms with Crippen molar-refractivity contribution < 1.29 is 13.6 Å². The molecule has 4 heteroatoms. The van der Waals surface area contributed by atoms with E-state index in [2.05, 4.69) is 20.8 Å². The van der Waals surface area contributed by atoms with Crippen LogP contribution in [-0.4, -0.2) is 19.8 Å². The fourth-order valence-corrected chi connectivity index (χ4v) is 1.89. The maximum absolute atomic E-state index is 5.50. The Balaban J connectivity index is 2.42. The van der Waals surface area contributed by atoms with Crippen LogP contribution in [0.3, 0.4) is 0 Å². The average Bonchev–Trinajstić information content (AvgIpc) is 2.32. The second kappa shape index (κ2) is 3.36. The fraction of sp³-hybridized carbons (Fsp3) is 1.00. The standard InChI is InChI=1S/C7H15O3P/c1-7(2,3)6-5-9-11(8-4)10-6/h6H,5H2,1-4H3/t6-,11+/m1/s1. The molecular formula is C7H15O3P. The molecule has 0 aromatic carbocycles. The molecule has 0 aromatic rings. The van der Waals surface area contributed by atoms with Crippen molar-refractivity contribution in [2.24, 2.45) is 5.41 Å². The maximum atomic E-state index is 5.50. The molecule has 1 aliphatic heterocycles. The van der Waals surface area contributed by atoms with E-state index in [0.29, 0.717) is 6.61 Å². The lowest BCUT2D eigenvalue weighted by Gasteiger charge is -2.23. The molecule has 66 valence electrons. The second-order valence-corrected chi connectivity index (χ2v) is 4.94. The van der Waals surface area contributed by atoms with E-state index >= 15 is 0 Å². The molecule has 11 heavy (non-hydrogen) atoms. The van der Waals surface area contributed by atoms with E-state index in [-0.39, 0.29) is 11.5 Å². The van der Waals surface area contributed by atoms with Gasteiger partial charge < -0.3 is 13.6 Å². The van der Waals surface area contributed by atoms with Gasteiger partial charge in [-0.2, -0.15) is 0 Å². The number of hydrogen-bond acceptors (Lipinski definition) is 3. The van der Waals surface area contributed by atoms with Gasteiger partial charge in [0.25, 0.3) is 0 Å². The Morgan fingerprint density at radius 3 is 2.36 bits per heavy atom. The zero-order valence-electron chi connectivity index (χ0n) is 7.46. The van der Waals surface area contributed by atoms with Crippen LogP contribution in [0.1, 0.15) is 20.8 Å². The third-order valence-corrected chi connectivity index (χ3v) is 2.74. The van der Waals surface area contributed by atoms with Crippen molar-refractivity contribution in [2.45, 2.75) is 26.9 Å². The number of hydrogen-bond donors (Lipinski definition) is 0. The highest BCUT2D eigenvalue weighted by atomic mass is 31.2. The quantitative estimate of drug-likeness (QED) is 0.577. The SMILES string of the molecule is CO[P@@]1OC[C@H](C(C)(C)C)O1. The first kappa shape index (κ1) is 9.40. The van der Waals surface area contributed by atoms with Gasteiger partial charge in [0.1, 0.15) is 0 Å². The highest BCUT2D eigenvalue weighted by molar-refractivity contribution is 7.41. The van der Waals surface area contributed by atoms with Crippen LogP contribution in [0, 0.1) is 5.41 Å². The van der Waals surface area contributed by atoms with Crippen molar-refractivity contribution in [3.05, 3.63) is 0 Å². The van der Waals surface area contributed by atoms with Gasteiger partial charge in [-0.25, -0.2) is 0 Å². The molecule has 0 spiro atoms. The Hall–Kier alpha value is 0.310. The van der Waals surface area contributed by atoms with Gasteiger partial charge in [-0.05, 0) is 5.41 Å². The minimum Gasteiger partial charge on any atom is -0.316 e. The van der Waals surface area contributed by atoms with Crippen LogP contribution in [0.5, 0.6) is 0 Å². The van der Waals surface area contributed by atoms with E-state index in [1.807, 2.05) is 0 Å². The van der Waals surface area contributed by atoms with Crippen LogP contribution in [0.15, 0.2) is 0 Å². The third kappa shape index (κ3) is 2.38. The van der Waals surface area contributed by atoms with Gasteiger partial charge in [0.15, 0.2) is 0 Å². The molecule has 1 fully saturated rings. The Kier molecular flexibility index (Phi) is 2.87. The lowest BCUT2D eigenvalue weighted by Crippen LogP contribution is -2.27. The molecule has 1 heterocycles. The van der Waals surface area contributed by atoms with Crippen LogP contribution >= 0.6 is 8.60 Å². The first-order valence-corrected chi connectivity index (χ1v) is 4.77. The lowest BCUT2D eigenvalue weighted by atomic mass is 9.90. The van der Waals surface area contributed by atoms with E-state index < -0.39 is 8.60 Å². The Labute approximate surface area is 69.0 Å². The van der Waals surface area contributed by atoms with Crippen LogP contribution in [0.25, 0.3) is 0 Å². The molecular weight excluding hydrogens is 163 g/mol.